The molecule has 0 aliphatic rings. The van der Waals surface area contributed by atoms with Gasteiger partial charge in [-0.15, -0.1) is 0 Å². The molecule has 0 atom stereocenters. The van der Waals surface area contributed by atoms with E-state index in [0.717, 1.165) is 0 Å². The first-order chi connectivity index (χ1) is 4.86. The van der Waals surface area contributed by atoms with E-state index in [4.69, 9.17) is 5.73 Å². The fraction of sp³-hybridized carbons (Fsp3) is 0.875. The zero-order valence-electron chi connectivity index (χ0n) is 7.77. The summed E-state index contributed by atoms with van der Waals surface area (Å²) >= 11 is 0. The molecule has 0 fully saturated rings. The van der Waals surface area contributed by atoms with Gasteiger partial charge in [-0.1, -0.05) is 13.8 Å². The van der Waals surface area contributed by atoms with Crippen molar-refractivity contribution in [1.82, 2.24) is 5.32 Å². The van der Waals surface area contributed by atoms with E-state index in [2.05, 4.69) is 33.0 Å². The lowest BCUT2D eigenvalue weighted by Crippen LogP contribution is -2.47. The Morgan fingerprint density at radius 1 is 1.55 bits per heavy atom. The molecule has 0 radical (unpaired) electrons. The van der Waals surface area contributed by atoms with Crippen LogP contribution in [-0.4, -0.2) is 18.0 Å². The zero-order chi connectivity index (χ0) is 9.07. The van der Waals surface area contributed by atoms with Gasteiger partial charge in [0.25, 0.3) is 0 Å². The molecule has 0 bridgehead atoms. The number of hydrogen-bond acceptors (Lipinski definition) is 2. The maximum Gasteiger partial charge on any atom is 0.231 e. The van der Waals surface area contributed by atoms with Crippen LogP contribution < -0.4 is 11.1 Å². The summed E-state index contributed by atoms with van der Waals surface area (Å²) in [5, 5.41) is 3.08. The largest absolute Gasteiger partial charge is 0.369 e. The molecule has 0 aliphatic carbocycles. The fourth-order valence-corrected chi connectivity index (χ4v) is 0.519. The van der Waals surface area contributed by atoms with Crippen molar-refractivity contribution in [2.45, 2.75) is 33.2 Å². The minimum Gasteiger partial charge on any atom is -0.369 e. The van der Waals surface area contributed by atoms with Crippen LogP contribution >= 0.6 is 0 Å². The van der Waals surface area contributed by atoms with Crippen LogP contribution in [-0.2, 0) is 4.79 Å². The quantitative estimate of drug-likeness (QED) is 0.626. The van der Waals surface area contributed by atoms with Crippen molar-refractivity contribution in [2.75, 3.05) is 6.54 Å². The first kappa shape index (κ1) is 10.4. The third-order valence-electron chi connectivity index (χ3n) is 2.16. The highest BCUT2D eigenvalue weighted by atomic mass is 16.1. The van der Waals surface area contributed by atoms with Gasteiger partial charge in [-0.05, 0) is 19.8 Å². The summed E-state index contributed by atoms with van der Waals surface area (Å²) in [6.45, 7) is 8.58. The number of hydrogen-bond donors (Lipinski definition) is 2. The van der Waals surface area contributed by atoms with E-state index in [0.29, 0.717) is 5.92 Å². The molecule has 0 aromatic carbocycles. The second kappa shape index (κ2) is 3.72. The Bertz CT molecular complexity index is 141. The van der Waals surface area contributed by atoms with Gasteiger partial charge in [0.05, 0.1) is 6.54 Å². The van der Waals surface area contributed by atoms with E-state index >= 15 is 0 Å². The molecule has 3 heteroatoms. The van der Waals surface area contributed by atoms with E-state index in [1.807, 2.05) is 0 Å². The first-order valence-corrected chi connectivity index (χ1v) is 3.89. The van der Waals surface area contributed by atoms with Gasteiger partial charge in [0, 0.05) is 5.54 Å². The zero-order valence-corrected chi connectivity index (χ0v) is 7.77. The lowest BCUT2D eigenvalue weighted by molar-refractivity contribution is -0.117. The number of nitrogens with one attached hydrogen (secondary N) is 1. The molecule has 3 N–H and O–H groups in total. The topological polar surface area (TPSA) is 55.1 Å². The van der Waals surface area contributed by atoms with Crippen LogP contribution in [0.25, 0.3) is 0 Å². The summed E-state index contributed by atoms with van der Waals surface area (Å²) in [6, 6.07) is 0. The van der Waals surface area contributed by atoms with Crippen molar-refractivity contribution in [3.63, 3.8) is 0 Å². The van der Waals surface area contributed by atoms with Crippen molar-refractivity contribution >= 4 is 5.91 Å². The van der Waals surface area contributed by atoms with Crippen LogP contribution in [0.5, 0.6) is 0 Å². The molecule has 0 aromatic rings. The van der Waals surface area contributed by atoms with Crippen molar-refractivity contribution < 1.29 is 4.79 Å². The van der Waals surface area contributed by atoms with Crippen LogP contribution in [0.1, 0.15) is 27.7 Å². The van der Waals surface area contributed by atoms with Gasteiger partial charge < -0.3 is 11.1 Å². The molecule has 0 rings (SSSR count). The van der Waals surface area contributed by atoms with E-state index in [-0.39, 0.29) is 18.0 Å². The van der Waals surface area contributed by atoms with Gasteiger partial charge in [0.2, 0.25) is 5.91 Å². The highest BCUT2D eigenvalue weighted by Crippen LogP contribution is 2.13. The van der Waals surface area contributed by atoms with Crippen molar-refractivity contribution in [3.8, 4) is 0 Å². The van der Waals surface area contributed by atoms with E-state index < -0.39 is 0 Å². The molecular formula is C8H18N2O. The molecular weight excluding hydrogens is 140 g/mol. The van der Waals surface area contributed by atoms with Gasteiger partial charge in [0.1, 0.15) is 0 Å². The lowest BCUT2D eigenvalue weighted by atomic mass is 9.91. The molecule has 0 unspecified atom stereocenters. The summed E-state index contributed by atoms with van der Waals surface area (Å²) in [4.78, 5) is 10.4. The second-order valence-electron chi connectivity index (χ2n) is 3.70. The molecule has 66 valence electrons. The van der Waals surface area contributed by atoms with Crippen molar-refractivity contribution in [2.24, 2.45) is 11.7 Å². The van der Waals surface area contributed by atoms with E-state index in [1.54, 1.807) is 0 Å². The Labute approximate surface area is 68.3 Å². The third-order valence-corrected chi connectivity index (χ3v) is 2.16. The van der Waals surface area contributed by atoms with Crippen LogP contribution in [0.4, 0.5) is 0 Å². The maximum absolute atomic E-state index is 10.4. The number of primary amides is 1. The Kier molecular flexibility index (Phi) is 3.52. The summed E-state index contributed by atoms with van der Waals surface area (Å²) in [5.41, 5.74) is 4.98. The minimum atomic E-state index is -0.307. The number of carbonyl (C=O) groups excluding carboxylic acids is 1. The second-order valence-corrected chi connectivity index (χ2v) is 3.70. The van der Waals surface area contributed by atoms with Gasteiger partial charge in [0.15, 0.2) is 0 Å². The molecule has 3 nitrogen and oxygen atoms in total. The Hall–Kier alpha value is -0.570. The van der Waals surface area contributed by atoms with Crippen LogP contribution in [0, 0.1) is 5.92 Å². The number of nitrogens with two attached hydrogens (primary N) is 1. The number of carbonyl (C=O) groups is 1. The van der Waals surface area contributed by atoms with Crippen LogP contribution in [0.15, 0.2) is 0 Å². The highest BCUT2D eigenvalue weighted by molar-refractivity contribution is 5.75. The lowest BCUT2D eigenvalue weighted by Gasteiger charge is -2.30. The monoisotopic (exact) mass is 158 g/mol. The van der Waals surface area contributed by atoms with Crippen molar-refractivity contribution in [3.05, 3.63) is 0 Å². The SMILES string of the molecule is CC(C)C(C)(C)NCC(N)=O. The average molecular weight is 158 g/mol. The van der Waals surface area contributed by atoms with E-state index in [9.17, 15) is 4.79 Å². The maximum atomic E-state index is 10.4. The van der Waals surface area contributed by atoms with Gasteiger partial charge in [-0.2, -0.15) is 0 Å². The minimum absolute atomic E-state index is 0.0188. The Morgan fingerprint density at radius 3 is 2.27 bits per heavy atom. The first-order valence-electron chi connectivity index (χ1n) is 3.89. The molecule has 1 amide bonds. The predicted molar refractivity (Wildman–Crippen MR) is 46.1 cm³/mol. The molecule has 0 aromatic heterocycles. The van der Waals surface area contributed by atoms with Gasteiger partial charge in [-0.3, -0.25) is 4.79 Å². The normalized spacial score (nSPS) is 12.1. The molecule has 0 aliphatic heterocycles. The summed E-state index contributed by atoms with van der Waals surface area (Å²) < 4.78 is 0. The van der Waals surface area contributed by atoms with Crippen LogP contribution in [0.3, 0.4) is 0 Å². The predicted octanol–water partition coefficient (Wildman–Crippen LogP) is 0.496. The standard InChI is InChI=1S/C8H18N2O/c1-6(2)8(3,4)10-5-7(9)11/h6,10H,5H2,1-4H3,(H2,9,11). The summed E-state index contributed by atoms with van der Waals surface area (Å²) in [5.74, 6) is 0.181. The molecule has 0 spiro atoms. The Morgan fingerprint density at radius 2 is 2.00 bits per heavy atom. The average Bonchev–Trinajstić information content (AvgIpc) is 1.84. The third kappa shape index (κ3) is 3.98. The fourth-order valence-electron chi connectivity index (χ4n) is 0.519. The van der Waals surface area contributed by atoms with Gasteiger partial charge in [-0.25, -0.2) is 0 Å². The molecule has 0 saturated heterocycles. The van der Waals surface area contributed by atoms with Gasteiger partial charge >= 0.3 is 0 Å². The van der Waals surface area contributed by atoms with E-state index in [1.165, 1.54) is 0 Å². The summed E-state index contributed by atoms with van der Waals surface area (Å²) in [6.07, 6.45) is 0. The Balaban J connectivity index is 3.82. The smallest absolute Gasteiger partial charge is 0.231 e. The summed E-state index contributed by atoms with van der Waals surface area (Å²) in [7, 11) is 0. The highest BCUT2D eigenvalue weighted by Gasteiger charge is 2.21. The molecule has 0 saturated carbocycles. The van der Waals surface area contributed by atoms with Crippen molar-refractivity contribution in [1.29, 1.82) is 0 Å². The number of amides is 1. The number of rotatable bonds is 4. The van der Waals surface area contributed by atoms with Crippen LogP contribution in [0.2, 0.25) is 0 Å². The molecule has 0 heterocycles. The molecule has 11 heavy (non-hydrogen) atoms.